The van der Waals surface area contributed by atoms with Crippen LogP contribution in [0.5, 0.6) is 0 Å². The molecular weight excluding hydrogens is 288 g/mol. The van der Waals surface area contributed by atoms with Crippen molar-refractivity contribution < 1.29 is 28.6 Å². The lowest BCUT2D eigenvalue weighted by molar-refractivity contribution is -0.156. The molecule has 0 aliphatic heterocycles. The van der Waals surface area contributed by atoms with Crippen molar-refractivity contribution in [2.24, 2.45) is 5.41 Å². The number of hydrogen-bond donors (Lipinski definition) is 0. The zero-order chi connectivity index (χ0) is 17.2. The molecule has 0 rings (SSSR count). The normalized spacial score (nSPS) is 10.3. The molecule has 6 heteroatoms. The molecule has 0 saturated heterocycles. The predicted molar refractivity (Wildman–Crippen MR) is 80.8 cm³/mol. The van der Waals surface area contributed by atoms with E-state index in [1.807, 2.05) is 0 Å². The minimum absolute atomic E-state index is 0.0793. The summed E-state index contributed by atoms with van der Waals surface area (Å²) >= 11 is 0. The fourth-order valence-corrected chi connectivity index (χ4v) is 1.34. The molecule has 0 spiro atoms. The van der Waals surface area contributed by atoms with Crippen molar-refractivity contribution in [2.75, 3.05) is 19.8 Å². The third-order valence-corrected chi connectivity index (χ3v) is 2.98. The zero-order valence-corrected chi connectivity index (χ0v) is 13.1. The van der Waals surface area contributed by atoms with E-state index in [1.54, 1.807) is 6.92 Å². The Bertz CT molecular complexity index is 439. The van der Waals surface area contributed by atoms with E-state index >= 15 is 0 Å². The van der Waals surface area contributed by atoms with E-state index < -0.39 is 23.3 Å². The molecule has 0 aromatic rings. The molecule has 22 heavy (non-hydrogen) atoms. The van der Waals surface area contributed by atoms with Gasteiger partial charge in [-0.1, -0.05) is 26.7 Å². The third kappa shape index (κ3) is 6.88. The summed E-state index contributed by atoms with van der Waals surface area (Å²) in [6.07, 6.45) is 2.50. The van der Waals surface area contributed by atoms with Crippen LogP contribution in [-0.2, 0) is 28.6 Å². The maximum atomic E-state index is 11.5. The second-order valence-corrected chi connectivity index (χ2v) is 4.83. The lowest BCUT2D eigenvalue weighted by Gasteiger charge is -2.30. The lowest BCUT2D eigenvalue weighted by atomic mass is 9.88. The first kappa shape index (κ1) is 19.6. The first-order chi connectivity index (χ1) is 10.3. The SMILES string of the molecule is C=CC(=O)OCC(CC)(COC(=O)C=C)COC(=O)C(=C)C. The van der Waals surface area contributed by atoms with Crippen LogP contribution in [0.3, 0.4) is 0 Å². The molecule has 0 aliphatic carbocycles. The highest BCUT2D eigenvalue weighted by atomic mass is 16.6. The minimum Gasteiger partial charge on any atom is -0.462 e. The Morgan fingerprint density at radius 2 is 1.36 bits per heavy atom. The molecule has 0 amide bonds. The van der Waals surface area contributed by atoms with Crippen molar-refractivity contribution >= 4 is 17.9 Å². The zero-order valence-electron chi connectivity index (χ0n) is 13.1. The van der Waals surface area contributed by atoms with Crippen LogP contribution in [-0.4, -0.2) is 37.7 Å². The number of rotatable bonds is 10. The number of carbonyl (C=O) groups excluding carboxylic acids is 3. The van der Waals surface area contributed by atoms with Crippen LogP contribution in [0.1, 0.15) is 20.3 Å². The summed E-state index contributed by atoms with van der Waals surface area (Å²) < 4.78 is 15.2. The van der Waals surface area contributed by atoms with Gasteiger partial charge in [-0.05, 0) is 13.3 Å². The number of hydrogen-bond acceptors (Lipinski definition) is 6. The van der Waals surface area contributed by atoms with Gasteiger partial charge in [-0.15, -0.1) is 0 Å². The molecule has 0 radical (unpaired) electrons. The van der Waals surface area contributed by atoms with Gasteiger partial charge in [-0.25, -0.2) is 14.4 Å². The first-order valence-electron chi connectivity index (χ1n) is 6.71. The largest absolute Gasteiger partial charge is 0.462 e. The summed E-state index contributed by atoms with van der Waals surface area (Å²) in [6, 6.07) is 0. The lowest BCUT2D eigenvalue weighted by Crippen LogP contribution is -2.38. The molecule has 0 N–H and O–H groups in total. The molecule has 6 nitrogen and oxygen atoms in total. The van der Waals surface area contributed by atoms with Crippen molar-refractivity contribution in [3.8, 4) is 0 Å². The fraction of sp³-hybridized carbons (Fsp3) is 0.438. The van der Waals surface area contributed by atoms with E-state index in [9.17, 15) is 14.4 Å². The van der Waals surface area contributed by atoms with Crippen molar-refractivity contribution in [2.45, 2.75) is 20.3 Å². The highest BCUT2D eigenvalue weighted by Crippen LogP contribution is 2.24. The summed E-state index contributed by atoms with van der Waals surface area (Å²) in [5.74, 6) is -1.79. The Hall–Kier alpha value is -2.37. The van der Waals surface area contributed by atoms with Crippen LogP contribution >= 0.6 is 0 Å². The molecular formula is C16H22O6. The quantitative estimate of drug-likeness (QED) is 0.349. The van der Waals surface area contributed by atoms with E-state index in [0.29, 0.717) is 6.42 Å². The van der Waals surface area contributed by atoms with E-state index in [-0.39, 0.29) is 25.4 Å². The average Bonchev–Trinajstić information content (AvgIpc) is 2.53. The summed E-state index contributed by atoms with van der Waals surface area (Å²) in [7, 11) is 0. The third-order valence-electron chi connectivity index (χ3n) is 2.98. The van der Waals surface area contributed by atoms with Crippen LogP contribution < -0.4 is 0 Å². The minimum atomic E-state index is -0.845. The van der Waals surface area contributed by atoms with Gasteiger partial charge in [-0.2, -0.15) is 0 Å². The Morgan fingerprint density at radius 3 is 1.68 bits per heavy atom. The summed E-state index contributed by atoms with van der Waals surface area (Å²) in [5, 5.41) is 0. The van der Waals surface area contributed by atoms with Crippen molar-refractivity contribution in [1.82, 2.24) is 0 Å². The number of carbonyl (C=O) groups is 3. The maximum Gasteiger partial charge on any atom is 0.333 e. The van der Waals surface area contributed by atoms with Gasteiger partial charge in [0.25, 0.3) is 0 Å². The Morgan fingerprint density at radius 1 is 0.955 bits per heavy atom. The summed E-state index contributed by atoms with van der Waals surface area (Å²) in [5.41, 5.74) is -0.598. The van der Waals surface area contributed by atoms with Gasteiger partial charge in [-0.3, -0.25) is 0 Å². The molecule has 122 valence electrons. The predicted octanol–water partition coefficient (Wildman–Crippen LogP) is 1.96. The highest BCUT2D eigenvalue weighted by molar-refractivity contribution is 5.87. The van der Waals surface area contributed by atoms with Gasteiger partial charge in [0.1, 0.15) is 19.8 Å². The van der Waals surface area contributed by atoms with Crippen LogP contribution in [0.2, 0.25) is 0 Å². The van der Waals surface area contributed by atoms with Gasteiger partial charge in [0.2, 0.25) is 0 Å². The summed E-state index contributed by atoms with van der Waals surface area (Å²) in [6.45, 7) is 13.2. The van der Waals surface area contributed by atoms with Gasteiger partial charge in [0.15, 0.2) is 0 Å². The topological polar surface area (TPSA) is 78.9 Å². The molecule has 0 atom stereocenters. The first-order valence-corrected chi connectivity index (χ1v) is 6.71. The standard InChI is InChI=1S/C16H22O6/c1-6-13(17)20-9-16(8-3,10-21-14(18)7-2)11-22-15(19)12(4)5/h6-7H,1-2,4,8-11H2,3,5H3. The van der Waals surface area contributed by atoms with E-state index in [4.69, 9.17) is 14.2 Å². The monoisotopic (exact) mass is 310 g/mol. The average molecular weight is 310 g/mol. The van der Waals surface area contributed by atoms with E-state index in [2.05, 4.69) is 19.7 Å². The molecule has 0 fully saturated rings. The van der Waals surface area contributed by atoms with Crippen LogP contribution in [0.25, 0.3) is 0 Å². The molecule has 0 aromatic heterocycles. The van der Waals surface area contributed by atoms with Crippen molar-refractivity contribution in [3.05, 3.63) is 37.5 Å². The molecule has 0 aromatic carbocycles. The van der Waals surface area contributed by atoms with Crippen molar-refractivity contribution in [3.63, 3.8) is 0 Å². The second kappa shape index (κ2) is 9.55. The molecule has 0 heterocycles. The molecule has 0 saturated carbocycles. The number of esters is 3. The molecule has 0 aliphatic rings. The smallest absolute Gasteiger partial charge is 0.333 e. The van der Waals surface area contributed by atoms with E-state index in [0.717, 1.165) is 12.2 Å². The highest BCUT2D eigenvalue weighted by Gasteiger charge is 2.33. The molecule has 0 unspecified atom stereocenters. The van der Waals surface area contributed by atoms with Crippen LogP contribution in [0.15, 0.2) is 37.5 Å². The van der Waals surface area contributed by atoms with Crippen LogP contribution in [0, 0.1) is 5.41 Å². The maximum absolute atomic E-state index is 11.5. The second-order valence-electron chi connectivity index (χ2n) is 4.83. The van der Waals surface area contributed by atoms with Crippen molar-refractivity contribution in [1.29, 1.82) is 0 Å². The fourth-order valence-electron chi connectivity index (χ4n) is 1.34. The Balaban J connectivity index is 4.95. The summed E-state index contributed by atoms with van der Waals surface area (Å²) in [4.78, 5) is 34.0. The Kier molecular flexibility index (Phi) is 8.52. The van der Waals surface area contributed by atoms with Gasteiger partial charge >= 0.3 is 17.9 Å². The van der Waals surface area contributed by atoms with E-state index in [1.165, 1.54) is 6.92 Å². The number of ether oxygens (including phenoxy) is 3. The van der Waals surface area contributed by atoms with Gasteiger partial charge in [0.05, 0.1) is 5.41 Å². The molecule has 0 bridgehead atoms. The van der Waals surface area contributed by atoms with Gasteiger partial charge in [0, 0.05) is 17.7 Å². The Labute approximate surface area is 130 Å². The van der Waals surface area contributed by atoms with Crippen LogP contribution in [0.4, 0.5) is 0 Å². The van der Waals surface area contributed by atoms with Gasteiger partial charge < -0.3 is 14.2 Å².